The summed E-state index contributed by atoms with van der Waals surface area (Å²) < 4.78 is 11.3. The lowest BCUT2D eigenvalue weighted by Gasteiger charge is -2.13. The highest BCUT2D eigenvalue weighted by molar-refractivity contribution is 7.25. The van der Waals surface area contributed by atoms with Gasteiger partial charge < -0.3 is 8.98 Å². The Morgan fingerprint density at radius 3 is 1.91 bits per heavy atom. The van der Waals surface area contributed by atoms with Crippen LogP contribution in [0.4, 0.5) is 0 Å². The van der Waals surface area contributed by atoms with Crippen LogP contribution in [0.15, 0.2) is 199 Å². The Morgan fingerprint density at radius 2 is 1.04 bits per heavy atom. The average molecular weight is 745 g/mol. The summed E-state index contributed by atoms with van der Waals surface area (Å²) in [5, 5.41) is 7.30. The molecule has 4 heterocycles. The van der Waals surface area contributed by atoms with E-state index in [4.69, 9.17) is 9.40 Å². The van der Waals surface area contributed by atoms with E-state index < -0.39 is 0 Å². The van der Waals surface area contributed by atoms with Gasteiger partial charge in [-0.2, -0.15) is 0 Å². The van der Waals surface area contributed by atoms with Crippen LogP contribution >= 0.6 is 11.3 Å². The Balaban J connectivity index is 1.04. The molecule has 0 aliphatic rings. The maximum absolute atomic E-state index is 6.35. The second kappa shape index (κ2) is 12.6. The Hall–Kier alpha value is -7.27. The largest absolute Gasteiger partial charge is 0.456 e. The van der Waals surface area contributed by atoms with Crippen LogP contribution in [0.2, 0.25) is 0 Å². The second-order valence-electron chi connectivity index (χ2n) is 14.7. The Labute approximate surface area is 332 Å². The summed E-state index contributed by atoms with van der Waals surface area (Å²) in [7, 11) is 0. The van der Waals surface area contributed by atoms with Gasteiger partial charge in [-0.15, -0.1) is 11.3 Å². The highest BCUT2D eigenvalue weighted by Gasteiger charge is 2.19. The molecule has 4 aromatic heterocycles. The number of benzene rings is 8. The number of aromatic nitrogens is 2. The molecule has 266 valence electrons. The predicted molar refractivity (Wildman–Crippen MR) is 240 cm³/mol. The Morgan fingerprint density at radius 1 is 0.368 bits per heavy atom. The number of hydrogen-bond donors (Lipinski definition) is 0. The molecule has 57 heavy (non-hydrogen) atoms. The number of fused-ring (bicyclic) bond motifs is 10. The molecule has 0 spiro atoms. The van der Waals surface area contributed by atoms with Gasteiger partial charge in [-0.3, -0.25) is 0 Å². The number of rotatable bonds is 5. The van der Waals surface area contributed by atoms with Gasteiger partial charge in [-0.05, 0) is 82.9 Å². The third-order valence-electron chi connectivity index (χ3n) is 11.4. The van der Waals surface area contributed by atoms with Crippen LogP contribution < -0.4 is 0 Å². The first-order valence-electron chi connectivity index (χ1n) is 19.3. The topological polar surface area (TPSA) is 31.0 Å². The van der Waals surface area contributed by atoms with Crippen molar-refractivity contribution >= 4 is 75.3 Å². The van der Waals surface area contributed by atoms with Crippen LogP contribution in [0.5, 0.6) is 0 Å². The van der Waals surface area contributed by atoms with Gasteiger partial charge in [0.15, 0.2) is 0 Å². The molecule has 12 aromatic rings. The quantitative estimate of drug-likeness (QED) is 0.176. The molecular formula is C53H32N2OS. The van der Waals surface area contributed by atoms with Crippen LogP contribution in [0.25, 0.3) is 114 Å². The fraction of sp³-hybridized carbons (Fsp3) is 0. The lowest BCUT2D eigenvalue weighted by Crippen LogP contribution is -1.95. The molecule has 0 unspecified atom stereocenters. The molecule has 0 amide bonds. The molecule has 8 aromatic carbocycles. The number of furan rings is 1. The van der Waals surface area contributed by atoms with Crippen molar-refractivity contribution in [1.82, 2.24) is 9.55 Å². The lowest BCUT2D eigenvalue weighted by molar-refractivity contribution is 0.669. The van der Waals surface area contributed by atoms with Gasteiger partial charge in [0, 0.05) is 58.5 Å². The minimum absolute atomic E-state index is 0.905. The molecule has 0 aliphatic heterocycles. The van der Waals surface area contributed by atoms with Crippen molar-refractivity contribution in [2.24, 2.45) is 0 Å². The van der Waals surface area contributed by atoms with Crippen LogP contribution in [0.1, 0.15) is 0 Å². The third-order valence-corrected chi connectivity index (χ3v) is 12.5. The second-order valence-corrected chi connectivity index (χ2v) is 15.8. The van der Waals surface area contributed by atoms with E-state index >= 15 is 0 Å². The molecule has 0 saturated heterocycles. The Kier molecular flexibility index (Phi) is 7.10. The van der Waals surface area contributed by atoms with Crippen molar-refractivity contribution in [3.8, 4) is 50.5 Å². The maximum atomic E-state index is 6.35. The van der Waals surface area contributed by atoms with Crippen molar-refractivity contribution in [2.75, 3.05) is 0 Å². The third kappa shape index (κ3) is 5.15. The molecule has 4 heteroatoms. The SMILES string of the molecule is c1ccc(-c2ccc(-c3cc(-c4cccc(-n5c6ccccc6c6c7c(ccc65)oc5ccccc57)c4)cc(-c4ccc5c(c4)sc4ccccc45)n3)cc2)cc1. The van der Waals surface area contributed by atoms with Crippen molar-refractivity contribution in [2.45, 2.75) is 0 Å². The highest BCUT2D eigenvalue weighted by Crippen LogP contribution is 2.42. The highest BCUT2D eigenvalue weighted by atomic mass is 32.1. The van der Waals surface area contributed by atoms with E-state index in [0.717, 1.165) is 72.3 Å². The minimum Gasteiger partial charge on any atom is -0.456 e. The zero-order valence-corrected chi connectivity index (χ0v) is 31.5. The molecular weight excluding hydrogens is 713 g/mol. The van der Waals surface area contributed by atoms with Gasteiger partial charge in [0.2, 0.25) is 0 Å². The van der Waals surface area contributed by atoms with Gasteiger partial charge in [-0.25, -0.2) is 4.98 Å². The van der Waals surface area contributed by atoms with Crippen molar-refractivity contribution in [3.05, 3.63) is 194 Å². The number of thiophene rings is 1. The van der Waals surface area contributed by atoms with Crippen LogP contribution in [-0.4, -0.2) is 9.55 Å². The summed E-state index contributed by atoms with van der Waals surface area (Å²) in [4.78, 5) is 5.36. The first-order valence-corrected chi connectivity index (χ1v) is 20.1. The van der Waals surface area contributed by atoms with Crippen molar-refractivity contribution < 1.29 is 4.42 Å². The molecule has 12 rings (SSSR count). The van der Waals surface area contributed by atoms with Gasteiger partial charge in [0.1, 0.15) is 11.2 Å². The normalized spacial score (nSPS) is 11.9. The van der Waals surface area contributed by atoms with Crippen LogP contribution in [0, 0.1) is 0 Å². The van der Waals surface area contributed by atoms with Crippen molar-refractivity contribution in [3.63, 3.8) is 0 Å². The monoisotopic (exact) mass is 744 g/mol. The van der Waals surface area contributed by atoms with E-state index in [-0.39, 0.29) is 0 Å². The number of nitrogens with zero attached hydrogens (tertiary/aromatic N) is 2. The van der Waals surface area contributed by atoms with E-state index in [1.54, 1.807) is 0 Å². The fourth-order valence-electron chi connectivity index (χ4n) is 8.72. The molecule has 0 saturated carbocycles. The van der Waals surface area contributed by atoms with E-state index in [1.807, 2.05) is 17.4 Å². The Bertz CT molecular complexity index is 3520. The number of para-hydroxylation sites is 2. The maximum Gasteiger partial charge on any atom is 0.136 e. The van der Waals surface area contributed by atoms with Crippen LogP contribution in [0.3, 0.4) is 0 Å². The number of pyridine rings is 1. The zero-order valence-electron chi connectivity index (χ0n) is 30.7. The average Bonchev–Trinajstić information content (AvgIpc) is 3.96. The van der Waals surface area contributed by atoms with Gasteiger partial charge in [0.05, 0.1) is 22.4 Å². The van der Waals surface area contributed by atoms with Gasteiger partial charge in [0.25, 0.3) is 0 Å². The van der Waals surface area contributed by atoms with Crippen LogP contribution in [-0.2, 0) is 0 Å². The first kappa shape index (κ1) is 32.0. The zero-order chi connectivity index (χ0) is 37.5. The molecule has 0 aliphatic carbocycles. The van der Waals surface area contributed by atoms with E-state index in [2.05, 4.69) is 193 Å². The molecule has 0 fully saturated rings. The van der Waals surface area contributed by atoms with E-state index in [1.165, 1.54) is 42.1 Å². The smallest absolute Gasteiger partial charge is 0.136 e. The summed E-state index contributed by atoms with van der Waals surface area (Å²) in [6.07, 6.45) is 0. The summed E-state index contributed by atoms with van der Waals surface area (Å²) in [5.41, 5.74) is 13.9. The summed E-state index contributed by atoms with van der Waals surface area (Å²) >= 11 is 1.84. The molecule has 0 atom stereocenters. The minimum atomic E-state index is 0.905. The standard InChI is InChI=1S/C53H32N2OS/c1-2-11-33(12-3-1)34-21-23-35(24-22-34)44-30-38(31-45(54-44)37-25-26-41-40-15-6-9-20-50(40)57-51(41)32-37)36-13-10-14-39(29-36)55-46-18-7-4-16-42(46)52-47(55)27-28-49-53(52)43-17-5-8-19-48(43)56-49/h1-32H. The van der Waals surface area contributed by atoms with E-state index in [9.17, 15) is 0 Å². The summed E-state index contributed by atoms with van der Waals surface area (Å²) in [6.45, 7) is 0. The fourth-order valence-corrected chi connectivity index (χ4v) is 9.86. The van der Waals surface area contributed by atoms with Gasteiger partial charge >= 0.3 is 0 Å². The summed E-state index contributed by atoms with van der Waals surface area (Å²) in [5.74, 6) is 0. The van der Waals surface area contributed by atoms with Crippen molar-refractivity contribution in [1.29, 1.82) is 0 Å². The van der Waals surface area contributed by atoms with Gasteiger partial charge in [-0.1, -0.05) is 133 Å². The molecule has 0 N–H and O–H groups in total. The first-order chi connectivity index (χ1) is 28.2. The lowest BCUT2D eigenvalue weighted by atomic mass is 9.98. The molecule has 0 bridgehead atoms. The number of hydrogen-bond acceptors (Lipinski definition) is 3. The predicted octanol–water partition coefficient (Wildman–Crippen LogP) is 15.1. The molecule has 0 radical (unpaired) electrons. The van der Waals surface area contributed by atoms with E-state index in [0.29, 0.717) is 0 Å². The molecule has 3 nitrogen and oxygen atoms in total. The summed E-state index contributed by atoms with van der Waals surface area (Å²) in [6, 6.07) is 69.6.